The van der Waals surface area contributed by atoms with Crippen molar-refractivity contribution in [1.29, 1.82) is 5.41 Å². The predicted molar refractivity (Wildman–Crippen MR) is 103 cm³/mol. The molecule has 0 radical (unpaired) electrons. The van der Waals surface area contributed by atoms with Gasteiger partial charge in [-0.05, 0) is 25.8 Å². The van der Waals surface area contributed by atoms with Crippen LogP contribution < -0.4 is 5.73 Å². The van der Waals surface area contributed by atoms with Crippen molar-refractivity contribution >= 4 is 23.3 Å². The maximum absolute atomic E-state index is 15.0. The third-order valence-electron chi connectivity index (χ3n) is 5.30. The van der Waals surface area contributed by atoms with Crippen molar-refractivity contribution in [2.45, 2.75) is 25.8 Å². The molecule has 2 aliphatic heterocycles. The molecule has 9 heteroatoms. The van der Waals surface area contributed by atoms with Crippen LogP contribution in [0.1, 0.15) is 19.8 Å². The number of halogens is 1. The molecule has 8 nitrogen and oxygen atoms in total. The average Bonchev–Trinajstić information content (AvgIpc) is 3.43. The Hall–Kier alpha value is -2.81. The largest absolute Gasteiger partial charge is 0.477 e. The molecule has 0 aromatic carbocycles. The van der Waals surface area contributed by atoms with Crippen LogP contribution in [-0.2, 0) is 9.59 Å². The quantitative estimate of drug-likeness (QED) is 0.477. The van der Waals surface area contributed by atoms with Crippen molar-refractivity contribution < 1.29 is 19.1 Å². The van der Waals surface area contributed by atoms with E-state index in [-0.39, 0.29) is 35.6 Å². The van der Waals surface area contributed by atoms with Crippen LogP contribution in [0.25, 0.3) is 0 Å². The van der Waals surface area contributed by atoms with Gasteiger partial charge in [-0.3, -0.25) is 9.79 Å². The molecule has 0 aromatic heterocycles. The number of carboxylic acid groups (broad SMARTS) is 1. The van der Waals surface area contributed by atoms with Gasteiger partial charge < -0.3 is 26.0 Å². The number of amidine groups is 1. The van der Waals surface area contributed by atoms with Gasteiger partial charge in [0.1, 0.15) is 17.2 Å². The summed E-state index contributed by atoms with van der Waals surface area (Å²) < 4.78 is 15.0. The Balaban J connectivity index is 1.98. The van der Waals surface area contributed by atoms with Gasteiger partial charge in [0.2, 0.25) is 5.78 Å². The van der Waals surface area contributed by atoms with E-state index in [1.165, 1.54) is 13.2 Å². The zero-order chi connectivity index (χ0) is 20.6. The Morgan fingerprint density at radius 1 is 1.50 bits per heavy atom. The van der Waals surface area contributed by atoms with Gasteiger partial charge in [-0.25, -0.2) is 9.18 Å². The molecule has 0 bridgehead atoms. The van der Waals surface area contributed by atoms with Gasteiger partial charge >= 0.3 is 5.97 Å². The minimum atomic E-state index is -1.35. The van der Waals surface area contributed by atoms with Crippen molar-refractivity contribution in [1.82, 2.24) is 9.80 Å². The molecule has 0 amide bonds. The molecule has 1 aliphatic carbocycles. The smallest absolute Gasteiger partial charge is 0.341 e. The number of rotatable bonds is 5. The number of allylic oxidation sites excluding steroid dienone is 3. The van der Waals surface area contributed by atoms with Crippen LogP contribution >= 0.6 is 0 Å². The number of nitrogens with two attached hydrogens (primary N) is 1. The molecular weight excluding hydrogens is 365 g/mol. The molecule has 1 unspecified atom stereocenters. The molecule has 0 spiro atoms. The summed E-state index contributed by atoms with van der Waals surface area (Å²) in [6.07, 6.45) is 4.07. The third-order valence-corrected chi connectivity index (χ3v) is 5.30. The van der Waals surface area contributed by atoms with Crippen LogP contribution in [0, 0.1) is 11.3 Å². The summed E-state index contributed by atoms with van der Waals surface area (Å²) in [5.41, 5.74) is 5.89. The van der Waals surface area contributed by atoms with Crippen LogP contribution in [0.15, 0.2) is 39.9 Å². The summed E-state index contributed by atoms with van der Waals surface area (Å²) in [6.45, 7) is 2.61. The van der Waals surface area contributed by atoms with Crippen LogP contribution in [0.3, 0.4) is 0 Å². The molecule has 1 saturated carbocycles. The van der Waals surface area contributed by atoms with E-state index in [1.807, 2.05) is 0 Å². The lowest BCUT2D eigenvalue weighted by Gasteiger charge is -2.28. The number of nitrogens with zero attached hydrogens (tertiary/aromatic N) is 3. The number of hydrogen-bond acceptors (Lipinski definition) is 6. The van der Waals surface area contributed by atoms with Gasteiger partial charge in [0.25, 0.3) is 0 Å². The normalized spacial score (nSPS) is 26.9. The Morgan fingerprint density at radius 3 is 2.68 bits per heavy atom. The molecular formula is C19H24FN5O3. The van der Waals surface area contributed by atoms with E-state index >= 15 is 4.39 Å². The first-order chi connectivity index (χ1) is 13.3. The lowest BCUT2D eigenvalue weighted by molar-refractivity contribution is -0.134. The summed E-state index contributed by atoms with van der Waals surface area (Å²) in [6, 6.07) is 0.0713. The number of carbonyl (C=O) groups excluding carboxylic acids is 1. The molecule has 1 saturated heterocycles. The maximum atomic E-state index is 15.0. The fourth-order valence-corrected chi connectivity index (χ4v) is 3.42. The Labute approximate surface area is 162 Å². The van der Waals surface area contributed by atoms with E-state index in [0.717, 1.165) is 18.9 Å². The van der Waals surface area contributed by atoms with E-state index in [4.69, 9.17) is 11.1 Å². The van der Waals surface area contributed by atoms with Gasteiger partial charge in [-0.1, -0.05) is 0 Å². The second-order valence-electron chi connectivity index (χ2n) is 7.19. The Kier molecular flexibility index (Phi) is 5.46. The number of carbonyl (C=O) groups is 2. The first-order valence-electron chi connectivity index (χ1n) is 9.14. The lowest BCUT2D eigenvalue weighted by atomic mass is 9.97. The molecule has 2 heterocycles. The predicted octanol–water partition coefficient (Wildman–Crippen LogP) is 1.07. The molecule has 4 N–H and O–H groups in total. The summed E-state index contributed by atoms with van der Waals surface area (Å²) in [4.78, 5) is 31.6. The summed E-state index contributed by atoms with van der Waals surface area (Å²) in [7, 11) is 1.49. The van der Waals surface area contributed by atoms with Gasteiger partial charge in [0.15, 0.2) is 0 Å². The number of carboxylic acids is 1. The second kappa shape index (κ2) is 7.67. The van der Waals surface area contributed by atoms with E-state index in [2.05, 4.69) is 4.99 Å². The van der Waals surface area contributed by atoms with Crippen molar-refractivity contribution in [3.8, 4) is 0 Å². The standard InChI is InChI=1S/C19H24FN5O3/c1-10(24-7-11(6-21)16(22)9-24)15(20)5-13-17(26)14(19(27)28)8-25(12-3-4-12)18(13)23-2/h5,8,11-12,22H,3-4,6-7,9,21H2,1-2H3,(H,27,28)/b13-5-,15-10-,22-16?,23-18?. The van der Waals surface area contributed by atoms with Gasteiger partial charge in [0.05, 0.1) is 12.1 Å². The van der Waals surface area contributed by atoms with E-state index in [9.17, 15) is 14.7 Å². The van der Waals surface area contributed by atoms with Crippen molar-refractivity contribution in [3.05, 3.63) is 34.9 Å². The zero-order valence-corrected chi connectivity index (χ0v) is 15.9. The SMILES string of the molecule is CN=C1/C(=C\C(F)=C(/C)N2CC(=N)C(CN)C2)C(=O)C(C(=O)O)=CN1C1CC1. The van der Waals surface area contributed by atoms with Gasteiger partial charge in [0, 0.05) is 49.7 Å². The Bertz CT molecular complexity index is 854. The van der Waals surface area contributed by atoms with Crippen LogP contribution in [-0.4, -0.2) is 70.9 Å². The minimum Gasteiger partial charge on any atom is -0.477 e. The van der Waals surface area contributed by atoms with E-state index in [0.29, 0.717) is 18.8 Å². The van der Waals surface area contributed by atoms with Crippen molar-refractivity contribution in [3.63, 3.8) is 0 Å². The van der Waals surface area contributed by atoms with Gasteiger partial charge in [-0.15, -0.1) is 0 Å². The van der Waals surface area contributed by atoms with Crippen LogP contribution in [0.2, 0.25) is 0 Å². The fourth-order valence-electron chi connectivity index (χ4n) is 3.42. The average molecular weight is 389 g/mol. The van der Waals surface area contributed by atoms with Crippen LogP contribution in [0.5, 0.6) is 0 Å². The first kappa shape index (κ1) is 19.9. The third kappa shape index (κ3) is 3.62. The monoisotopic (exact) mass is 389 g/mol. The molecule has 1 atom stereocenters. The van der Waals surface area contributed by atoms with E-state index in [1.54, 1.807) is 16.7 Å². The lowest BCUT2D eigenvalue weighted by Crippen LogP contribution is -2.39. The molecule has 150 valence electrons. The van der Waals surface area contributed by atoms with Crippen molar-refractivity contribution in [2.24, 2.45) is 16.6 Å². The summed E-state index contributed by atoms with van der Waals surface area (Å²) in [5.74, 6) is -2.61. The molecule has 3 rings (SSSR count). The molecule has 28 heavy (non-hydrogen) atoms. The Morgan fingerprint density at radius 2 is 2.18 bits per heavy atom. The highest BCUT2D eigenvalue weighted by atomic mass is 19.1. The number of aliphatic carboxylic acids is 1. The van der Waals surface area contributed by atoms with Gasteiger partial charge in [-0.2, -0.15) is 0 Å². The van der Waals surface area contributed by atoms with E-state index < -0.39 is 23.2 Å². The fraction of sp³-hybridized carbons (Fsp3) is 0.474. The number of ketones is 1. The number of likely N-dealkylation sites (tertiary alicyclic amines) is 1. The summed E-state index contributed by atoms with van der Waals surface area (Å²) in [5, 5.41) is 17.3. The first-order valence-corrected chi connectivity index (χ1v) is 9.14. The zero-order valence-electron chi connectivity index (χ0n) is 15.9. The topological polar surface area (TPSA) is 123 Å². The van der Waals surface area contributed by atoms with Crippen LogP contribution in [0.4, 0.5) is 4.39 Å². The highest BCUT2D eigenvalue weighted by molar-refractivity contribution is 6.36. The number of aliphatic imine (C=N–C) groups is 1. The van der Waals surface area contributed by atoms with Crippen molar-refractivity contribution in [2.75, 3.05) is 26.7 Å². The summed E-state index contributed by atoms with van der Waals surface area (Å²) >= 11 is 0. The second-order valence-corrected chi connectivity index (χ2v) is 7.19. The maximum Gasteiger partial charge on any atom is 0.341 e. The number of nitrogens with one attached hydrogen (secondary N) is 1. The molecule has 2 fully saturated rings. The molecule has 0 aromatic rings. The minimum absolute atomic E-state index is 0.0713. The number of Topliss-reactive ketones (excluding diaryl/α,β-unsaturated/α-hetero) is 1. The number of hydrogen-bond donors (Lipinski definition) is 3. The highest BCUT2D eigenvalue weighted by Crippen LogP contribution is 2.33. The highest BCUT2D eigenvalue weighted by Gasteiger charge is 2.39. The molecule has 3 aliphatic rings.